The summed E-state index contributed by atoms with van der Waals surface area (Å²) in [5, 5.41) is 17.1. The molecule has 8 nitrogen and oxygen atoms in total. The maximum Gasteiger partial charge on any atom is 0.250 e. The lowest BCUT2D eigenvalue weighted by Crippen LogP contribution is -2.54. The molecule has 3 aliphatic heterocycles. The Hall–Kier alpha value is -2.49. The molecule has 3 amide bonds. The Balaban J connectivity index is 1.51. The smallest absolute Gasteiger partial charge is 0.250 e. The molecule has 3 aliphatic rings. The molecule has 0 aliphatic carbocycles. The second kappa shape index (κ2) is 8.38. The minimum atomic E-state index is -1.09. The molecule has 2 aromatic carbocycles. The molecule has 9 heteroatoms. The van der Waals surface area contributed by atoms with Crippen molar-refractivity contribution in [3.8, 4) is 0 Å². The van der Waals surface area contributed by atoms with Crippen molar-refractivity contribution in [1.82, 2.24) is 10.2 Å². The number of amides is 3. The van der Waals surface area contributed by atoms with Crippen molar-refractivity contribution >= 4 is 50.1 Å². The third-order valence-corrected chi connectivity index (χ3v) is 8.01. The van der Waals surface area contributed by atoms with E-state index in [0.717, 1.165) is 10.8 Å². The second-order valence-corrected chi connectivity index (χ2v) is 10.1. The van der Waals surface area contributed by atoms with Gasteiger partial charge >= 0.3 is 0 Å². The van der Waals surface area contributed by atoms with Crippen molar-refractivity contribution in [3.63, 3.8) is 0 Å². The first-order valence-corrected chi connectivity index (χ1v) is 12.1. The third kappa shape index (κ3) is 3.36. The number of aliphatic hydroxyl groups excluding tert-OH is 1. The molecule has 3 heterocycles. The first-order valence-electron chi connectivity index (χ1n) is 11.2. The van der Waals surface area contributed by atoms with Crippen LogP contribution in [0.4, 0.5) is 5.69 Å². The highest BCUT2D eigenvalue weighted by Crippen LogP contribution is 2.60. The van der Waals surface area contributed by atoms with Gasteiger partial charge in [0.25, 0.3) is 0 Å². The number of halogens is 1. The molecule has 0 aromatic heterocycles. The van der Waals surface area contributed by atoms with E-state index < -0.39 is 29.6 Å². The molecule has 2 bridgehead atoms. The van der Waals surface area contributed by atoms with Gasteiger partial charge in [-0.25, -0.2) is 0 Å². The Kier molecular flexibility index (Phi) is 5.66. The topological polar surface area (TPSA) is 108 Å². The fourth-order valence-electron chi connectivity index (χ4n) is 5.86. The maximum atomic E-state index is 13.7. The number of carbonyl (C=O) groups is 3. The zero-order valence-electron chi connectivity index (χ0n) is 18.2. The van der Waals surface area contributed by atoms with Crippen molar-refractivity contribution in [3.05, 3.63) is 42.5 Å². The normalized spacial score (nSPS) is 32.3. The molecule has 5 rings (SSSR count). The quantitative estimate of drug-likeness (QED) is 0.507. The fraction of sp³-hybridized carbons (Fsp3) is 0.458. The van der Waals surface area contributed by atoms with Crippen molar-refractivity contribution in [2.45, 2.75) is 35.4 Å². The molecule has 3 unspecified atom stereocenters. The van der Waals surface area contributed by atoms with Crippen LogP contribution in [-0.2, 0) is 19.1 Å². The minimum Gasteiger partial charge on any atom is -0.396 e. The van der Waals surface area contributed by atoms with Crippen molar-refractivity contribution in [1.29, 1.82) is 0 Å². The second-order valence-electron chi connectivity index (χ2n) is 8.94. The molecule has 33 heavy (non-hydrogen) atoms. The van der Waals surface area contributed by atoms with Gasteiger partial charge in [-0.1, -0.05) is 46.3 Å². The lowest BCUT2D eigenvalue weighted by molar-refractivity contribution is -0.140. The number of nitrogens with zero attached hydrogens (tertiary/aromatic N) is 1. The van der Waals surface area contributed by atoms with E-state index in [1.54, 1.807) is 0 Å². The highest BCUT2D eigenvalue weighted by molar-refractivity contribution is 9.09. The van der Waals surface area contributed by atoms with Crippen LogP contribution in [0.25, 0.3) is 10.8 Å². The van der Waals surface area contributed by atoms with Crippen molar-refractivity contribution < 1.29 is 24.2 Å². The zero-order chi connectivity index (χ0) is 23.3. The first-order chi connectivity index (χ1) is 15.9. The van der Waals surface area contributed by atoms with Gasteiger partial charge in [-0.2, -0.15) is 0 Å². The van der Waals surface area contributed by atoms with Gasteiger partial charge in [0.2, 0.25) is 17.7 Å². The molecule has 2 aromatic rings. The van der Waals surface area contributed by atoms with E-state index >= 15 is 0 Å². The van der Waals surface area contributed by atoms with Crippen LogP contribution in [0.3, 0.4) is 0 Å². The number of likely N-dealkylation sites (tertiary alicyclic amines) is 1. The fourth-order valence-corrected chi connectivity index (χ4v) is 6.80. The van der Waals surface area contributed by atoms with Gasteiger partial charge in [-0.3, -0.25) is 14.4 Å². The van der Waals surface area contributed by atoms with Crippen LogP contribution in [0.2, 0.25) is 0 Å². The Morgan fingerprint density at radius 2 is 1.97 bits per heavy atom. The van der Waals surface area contributed by atoms with Crippen LogP contribution in [-0.4, -0.2) is 70.5 Å². The number of hydrogen-bond donors (Lipinski definition) is 3. The zero-order valence-corrected chi connectivity index (χ0v) is 19.7. The van der Waals surface area contributed by atoms with E-state index in [4.69, 9.17) is 4.74 Å². The standard InChI is InChI=1S/C24H26BrN3O5/c1-26-21(30)17-18-23(32)28(9-4-10-29)20(24(18)12-16(25)19(17)33-24)22(31)27-15-8-7-13-5-2-3-6-14(13)11-15/h2-3,5-8,11,16-20,29H,4,9-10,12H2,1H3,(H,26,30)(H,27,31)/t16?,17-,18-,19-,20?,24?/m0/s1. The van der Waals surface area contributed by atoms with Crippen LogP contribution in [0.15, 0.2) is 42.5 Å². The Morgan fingerprint density at radius 3 is 2.70 bits per heavy atom. The molecule has 3 fully saturated rings. The summed E-state index contributed by atoms with van der Waals surface area (Å²) in [6.07, 6.45) is 0.308. The molecule has 3 saturated heterocycles. The monoisotopic (exact) mass is 515 g/mol. The van der Waals surface area contributed by atoms with E-state index in [0.29, 0.717) is 18.5 Å². The number of ether oxygens (including phenoxy) is 1. The average Bonchev–Trinajstić information content (AvgIpc) is 3.40. The number of benzene rings is 2. The van der Waals surface area contributed by atoms with Crippen LogP contribution >= 0.6 is 15.9 Å². The lowest BCUT2D eigenvalue weighted by Gasteiger charge is -2.34. The highest BCUT2D eigenvalue weighted by Gasteiger charge is 2.76. The summed E-state index contributed by atoms with van der Waals surface area (Å²) in [6.45, 7) is 0.106. The van der Waals surface area contributed by atoms with E-state index in [1.165, 1.54) is 11.9 Å². The van der Waals surface area contributed by atoms with E-state index in [-0.39, 0.29) is 35.7 Å². The Labute approximate surface area is 199 Å². The lowest BCUT2D eigenvalue weighted by atomic mass is 9.70. The summed E-state index contributed by atoms with van der Waals surface area (Å²) in [4.78, 5) is 41.3. The molecule has 0 radical (unpaired) electrons. The molecule has 6 atom stereocenters. The number of fused-ring (bicyclic) bond motifs is 2. The number of nitrogens with one attached hydrogen (secondary N) is 2. The Bertz CT molecular complexity index is 1130. The molecular formula is C24H26BrN3O5. The van der Waals surface area contributed by atoms with E-state index in [9.17, 15) is 19.5 Å². The van der Waals surface area contributed by atoms with Crippen molar-refractivity contribution in [2.75, 3.05) is 25.5 Å². The summed E-state index contributed by atoms with van der Waals surface area (Å²) < 4.78 is 6.36. The van der Waals surface area contributed by atoms with Gasteiger partial charge < -0.3 is 25.4 Å². The molecular weight excluding hydrogens is 490 g/mol. The third-order valence-electron chi connectivity index (χ3n) is 7.16. The molecule has 174 valence electrons. The van der Waals surface area contributed by atoms with Gasteiger partial charge in [0.05, 0.1) is 17.9 Å². The van der Waals surface area contributed by atoms with Crippen molar-refractivity contribution in [2.24, 2.45) is 11.8 Å². The number of rotatable bonds is 6. The molecule has 3 N–H and O–H groups in total. The average molecular weight is 516 g/mol. The Morgan fingerprint density at radius 1 is 1.21 bits per heavy atom. The largest absolute Gasteiger partial charge is 0.396 e. The van der Waals surface area contributed by atoms with Gasteiger partial charge in [0.1, 0.15) is 11.6 Å². The highest BCUT2D eigenvalue weighted by atomic mass is 79.9. The predicted octanol–water partition coefficient (Wildman–Crippen LogP) is 1.65. The summed E-state index contributed by atoms with van der Waals surface area (Å²) in [5.41, 5.74) is -0.470. The van der Waals surface area contributed by atoms with Gasteiger partial charge in [-0.15, -0.1) is 0 Å². The van der Waals surface area contributed by atoms with Crippen LogP contribution in [0, 0.1) is 11.8 Å². The minimum absolute atomic E-state index is 0.107. The number of hydrogen-bond acceptors (Lipinski definition) is 5. The van der Waals surface area contributed by atoms with Gasteiger partial charge in [0.15, 0.2) is 0 Å². The first kappa shape index (κ1) is 22.3. The molecule has 1 spiro atoms. The summed E-state index contributed by atoms with van der Waals surface area (Å²) in [6, 6.07) is 12.6. The van der Waals surface area contributed by atoms with Crippen LogP contribution in [0.5, 0.6) is 0 Å². The summed E-state index contributed by atoms with van der Waals surface area (Å²) in [5.74, 6) is -2.28. The number of carbonyl (C=O) groups excluding carboxylic acids is 3. The van der Waals surface area contributed by atoms with E-state index in [1.807, 2.05) is 42.5 Å². The van der Waals surface area contributed by atoms with Gasteiger partial charge in [0, 0.05) is 30.7 Å². The molecule has 0 saturated carbocycles. The summed E-state index contributed by atoms with van der Waals surface area (Å²) >= 11 is 3.62. The number of aliphatic hydroxyl groups is 1. The maximum absolute atomic E-state index is 13.7. The van der Waals surface area contributed by atoms with Gasteiger partial charge in [-0.05, 0) is 35.7 Å². The van der Waals surface area contributed by atoms with Crippen LogP contribution in [0.1, 0.15) is 12.8 Å². The summed E-state index contributed by atoms with van der Waals surface area (Å²) in [7, 11) is 1.54. The predicted molar refractivity (Wildman–Crippen MR) is 126 cm³/mol. The SMILES string of the molecule is CNC(=O)[C@H]1[C@H]2C(=O)N(CCCO)C(C(=O)Nc3ccc4ccccc4c3)C23CC(Br)[C@@H]1O3. The number of alkyl halides is 1. The van der Waals surface area contributed by atoms with Crippen LogP contribution < -0.4 is 10.6 Å². The van der Waals surface area contributed by atoms with E-state index in [2.05, 4.69) is 26.6 Å². The number of anilines is 1.